The second-order valence-electron chi connectivity index (χ2n) is 5.40. The Morgan fingerprint density at radius 1 is 1.39 bits per heavy atom. The minimum absolute atomic E-state index is 0.168. The van der Waals surface area contributed by atoms with E-state index in [4.69, 9.17) is 4.42 Å². The molecule has 3 nitrogen and oxygen atoms in total. The van der Waals surface area contributed by atoms with Crippen LogP contribution in [0.25, 0.3) is 0 Å². The van der Waals surface area contributed by atoms with Crippen molar-refractivity contribution in [1.29, 1.82) is 0 Å². The topological polar surface area (TPSA) is 45.4 Å². The minimum Gasteiger partial charge on any atom is -0.464 e. The Balaban J connectivity index is 1.78. The van der Waals surface area contributed by atoms with Crippen molar-refractivity contribution in [2.24, 2.45) is 5.92 Å². The Morgan fingerprint density at radius 2 is 2.11 bits per heavy atom. The van der Waals surface area contributed by atoms with Crippen LogP contribution in [0.15, 0.2) is 16.5 Å². The van der Waals surface area contributed by atoms with Crippen LogP contribution in [0.5, 0.6) is 0 Å². The van der Waals surface area contributed by atoms with E-state index in [9.17, 15) is 5.11 Å². The summed E-state index contributed by atoms with van der Waals surface area (Å²) < 4.78 is 5.71. The third-order valence-electron chi connectivity index (χ3n) is 4.03. The lowest BCUT2D eigenvalue weighted by molar-refractivity contribution is 0.106. The first-order valence-electron chi connectivity index (χ1n) is 7.20. The predicted molar refractivity (Wildman–Crippen MR) is 72.5 cm³/mol. The Labute approximate surface area is 110 Å². The molecule has 0 aromatic carbocycles. The molecule has 18 heavy (non-hydrogen) atoms. The monoisotopic (exact) mass is 251 g/mol. The molecule has 0 bridgehead atoms. The van der Waals surface area contributed by atoms with E-state index in [1.54, 1.807) is 0 Å². The quantitative estimate of drug-likeness (QED) is 0.817. The molecular weight excluding hydrogens is 226 g/mol. The molecule has 0 saturated heterocycles. The third kappa shape index (κ3) is 3.36. The summed E-state index contributed by atoms with van der Waals surface area (Å²) in [5.41, 5.74) is 0. The average molecular weight is 251 g/mol. The molecule has 1 aromatic rings. The van der Waals surface area contributed by atoms with E-state index < -0.39 is 0 Å². The minimum atomic E-state index is -0.212. The van der Waals surface area contributed by atoms with Crippen molar-refractivity contribution in [3.8, 4) is 0 Å². The summed E-state index contributed by atoms with van der Waals surface area (Å²) >= 11 is 0. The van der Waals surface area contributed by atoms with Gasteiger partial charge in [-0.25, -0.2) is 0 Å². The third-order valence-corrected chi connectivity index (χ3v) is 4.03. The molecule has 2 atom stereocenters. The molecule has 1 fully saturated rings. The van der Waals surface area contributed by atoms with Gasteiger partial charge in [0.25, 0.3) is 0 Å². The number of aliphatic hydroxyl groups is 1. The SMILES string of the molecule is CCc1ccc(C(C)NCC(O)C2CCCC2)o1. The number of rotatable bonds is 6. The highest BCUT2D eigenvalue weighted by Gasteiger charge is 2.23. The average Bonchev–Trinajstić information content (AvgIpc) is 3.05. The number of furan rings is 1. The van der Waals surface area contributed by atoms with Crippen LogP contribution in [0.3, 0.4) is 0 Å². The lowest BCUT2D eigenvalue weighted by atomic mass is 10.0. The second-order valence-corrected chi connectivity index (χ2v) is 5.40. The summed E-state index contributed by atoms with van der Waals surface area (Å²) in [5.74, 6) is 2.48. The van der Waals surface area contributed by atoms with E-state index in [-0.39, 0.29) is 12.1 Å². The summed E-state index contributed by atoms with van der Waals surface area (Å²) in [6.45, 7) is 4.83. The summed E-state index contributed by atoms with van der Waals surface area (Å²) in [5, 5.41) is 13.5. The van der Waals surface area contributed by atoms with E-state index >= 15 is 0 Å². The maximum atomic E-state index is 10.1. The molecule has 0 amide bonds. The molecule has 1 aliphatic rings. The van der Waals surface area contributed by atoms with Gasteiger partial charge in [0.2, 0.25) is 0 Å². The fraction of sp³-hybridized carbons (Fsp3) is 0.733. The zero-order valence-electron chi connectivity index (χ0n) is 11.5. The maximum Gasteiger partial charge on any atom is 0.120 e. The van der Waals surface area contributed by atoms with Crippen molar-refractivity contribution in [3.05, 3.63) is 23.7 Å². The maximum absolute atomic E-state index is 10.1. The van der Waals surface area contributed by atoms with Crippen molar-refractivity contribution >= 4 is 0 Å². The predicted octanol–water partition coefficient (Wildman–Crippen LogP) is 3.04. The Morgan fingerprint density at radius 3 is 2.72 bits per heavy atom. The normalized spacial score (nSPS) is 20.2. The first-order valence-corrected chi connectivity index (χ1v) is 7.20. The van der Waals surface area contributed by atoms with Crippen LogP contribution in [-0.2, 0) is 6.42 Å². The number of hydrogen-bond acceptors (Lipinski definition) is 3. The smallest absolute Gasteiger partial charge is 0.120 e. The van der Waals surface area contributed by atoms with E-state index in [1.165, 1.54) is 25.7 Å². The molecule has 1 aliphatic carbocycles. The van der Waals surface area contributed by atoms with Crippen LogP contribution in [0.2, 0.25) is 0 Å². The van der Waals surface area contributed by atoms with Crippen LogP contribution in [0, 0.1) is 5.92 Å². The number of aryl methyl sites for hydroxylation is 1. The first kappa shape index (κ1) is 13.6. The molecule has 0 spiro atoms. The molecule has 0 aliphatic heterocycles. The van der Waals surface area contributed by atoms with E-state index in [0.717, 1.165) is 17.9 Å². The highest BCUT2D eigenvalue weighted by atomic mass is 16.3. The zero-order valence-corrected chi connectivity index (χ0v) is 11.5. The Hall–Kier alpha value is -0.800. The van der Waals surface area contributed by atoms with Gasteiger partial charge in [-0.05, 0) is 37.8 Å². The van der Waals surface area contributed by atoms with Crippen LogP contribution in [0.4, 0.5) is 0 Å². The van der Waals surface area contributed by atoms with Gasteiger partial charge in [0.1, 0.15) is 11.5 Å². The van der Waals surface area contributed by atoms with E-state index in [2.05, 4.69) is 19.2 Å². The van der Waals surface area contributed by atoms with Gasteiger partial charge < -0.3 is 14.8 Å². The van der Waals surface area contributed by atoms with Gasteiger partial charge in [-0.15, -0.1) is 0 Å². The number of nitrogens with one attached hydrogen (secondary N) is 1. The van der Waals surface area contributed by atoms with E-state index in [0.29, 0.717) is 12.5 Å². The van der Waals surface area contributed by atoms with Gasteiger partial charge in [0, 0.05) is 13.0 Å². The first-order chi connectivity index (χ1) is 8.70. The van der Waals surface area contributed by atoms with Gasteiger partial charge >= 0.3 is 0 Å². The lowest BCUT2D eigenvalue weighted by Gasteiger charge is -2.20. The molecule has 0 radical (unpaired) electrons. The number of aliphatic hydroxyl groups excluding tert-OH is 1. The molecule has 1 aromatic heterocycles. The highest BCUT2D eigenvalue weighted by molar-refractivity contribution is 5.10. The fourth-order valence-electron chi connectivity index (χ4n) is 2.72. The summed E-state index contributed by atoms with van der Waals surface area (Å²) in [4.78, 5) is 0. The highest BCUT2D eigenvalue weighted by Crippen LogP contribution is 2.27. The summed E-state index contributed by atoms with van der Waals surface area (Å²) in [6.07, 6.45) is 5.62. The van der Waals surface area contributed by atoms with Gasteiger partial charge in [-0.2, -0.15) is 0 Å². The second kappa shape index (κ2) is 6.39. The van der Waals surface area contributed by atoms with E-state index in [1.807, 2.05) is 12.1 Å². The molecule has 3 heteroatoms. The fourth-order valence-corrected chi connectivity index (χ4v) is 2.72. The standard InChI is InChI=1S/C15H25NO2/c1-3-13-8-9-15(18-13)11(2)16-10-14(17)12-6-4-5-7-12/h8-9,11-12,14,16-17H,3-7,10H2,1-2H3. The molecular formula is C15H25NO2. The Kier molecular flexibility index (Phi) is 4.84. The van der Waals surface area contributed by atoms with Gasteiger partial charge in [0.05, 0.1) is 12.1 Å². The van der Waals surface area contributed by atoms with Crippen molar-refractivity contribution in [3.63, 3.8) is 0 Å². The molecule has 1 saturated carbocycles. The van der Waals surface area contributed by atoms with Crippen LogP contribution >= 0.6 is 0 Å². The largest absolute Gasteiger partial charge is 0.464 e. The molecule has 102 valence electrons. The van der Waals surface area contributed by atoms with Crippen molar-refractivity contribution in [2.75, 3.05) is 6.54 Å². The molecule has 2 unspecified atom stereocenters. The molecule has 2 N–H and O–H groups in total. The van der Waals surface area contributed by atoms with Crippen LogP contribution in [-0.4, -0.2) is 17.8 Å². The van der Waals surface area contributed by atoms with Crippen molar-refractivity contribution in [2.45, 2.75) is 58.1 Å². The van der Waals surface area contributed by atoms with Gasteiger partial charge in [-0.3, -0.25) is 0 Å². The van der Waals surface area contributed by atoms with Crippen molar-refractivity contribution < 1.29 is 9.52 Å². The lowest BCUT2D eigenvalue weighted by Crippen LogP contribution is -2.33. The molecule has 2 rings (SSSR count). The van der Waals surface area contributed by atoms with Crippen LogP contribution in [0.1, 0.15) is 57.1 Å². The van der Waals surface area contributed by atoms with Gasteiger partial charge in [-0.1, -0.05) is 19.8 Å². The Bertz CT molecular complexity index is 355. The van der Waals surface area contributed by atoms with Crippen molar-refractivity contribution in [1.82, 2.24) is 5.32 Å². The van der Waals surface area contributed by atoms with Crippen LogP contribution < -0.4 is 5.32 Å². The summed E-state index contributed by atoms with van der Waals surface area (Å²) in [6, 6.07) is 4.22. The number of hydrogen-bond donors (Lipinski definition) is 2. The molecule has 1 heterocycles. The zero-order chi connectivity index (χ0) is 13.0. The van der Waals surface area contributed by atoms with Gasteiger partial charge in [0.15, 0.2) is 0 Å². The summed E-state index contributed by atoms with van der Waals surface area (Å²) in [7, 11) is 0.